The van der Waals surface area contributed by atoms with Crippen molar-refractivity contribution >= 4 is 24.2 Å². The number of carbonyl (C=O) groups is 2. The molecular weight excluding hydrogens is 314 g/mol. The molecule has 130 valence electrons. The molecule has 0 saturated heterocycles. The molecule has 0 spiro atoms. The Morgan fingerprint density at radius 1 is 1.13 bits per heavy atom. The van der Waals surface area contributed by atoms with Gasteiger partial charge < -0.3 is 16.0 Å². The number of halogens is 1. The van der Waals surface area contributed by atoms with Crippen molar-refractivity contribution < 1.29 is 9.59 Å². The molecule has 0 aliphatic carbocycles. The second-order valence-corrected chi connectivity index (χ2v) is 5.64. The first-order chi connectivity index (χ1) is 10.5. The molecule has 0 fully saturated rings. The lowest BCUT2D eigenvalue weighted by Crippen LogP contribution is -2.52. The summed E-state index contributed by atoms with van der Waals surface area (Å²) in [7, 11) is 1.85. The quantitative estimate of drug-likeness (QED) is 0.677. The van der Waals surface area contributed by atoms with Crippen LogP contribution in [0.15, 0.2) is 30.3 Å². The van der Waals surface area contributed by atoms with Gasteiger partial charge in [0.25, 0.3) is 5.91 Å². The van der Waals surface area contributed by atoms with E-state index in [-0.39, 0.29) is 36.2 Å². The summed E-state index contributed by atoms with van der Waals surface area (Å²) in [5.74, 6) is -0.291. The number of carbonyl (C=O) groups excluding carboxylic acids is 2. The molecule has 0 aromatic heterocycles. The molecule has 3 unspecified atom stereocenters. The van der Waals surface area contributed by atoms with E-state index in [2.05, 4.69) is 16.0 Å². The van der Waals surface area contributed by atoms with E-state index in [0.29, 0.717) is 12.1 Å². The summed E-state index contributed by atoms with van der Waals surface area (Å²) >= 11 is 0. The molecule has 3 N–H and O–H groups in total. The van der Waals surface area contributed by atoms with E-state index < -0.39 is 6.04 Å². The van der Waals surface area contributed by atoms with Gasteiger partial charge in [-0.25, -0.2) is 0 Å². The Bertz CT molecular complexity index is 482. The van der Waals surface area contributed by atoms with E-state index in [1.165, 1.54) is 0 Å². The smallest absolute Gasteiger partial charge is 0.251 e. The van der Waals surface area contributed by atoms with Gasteiger partial charge in [0.05, 0.1) is 0 Å². The molecule has 0 saturated carbocycles. The first kappa shape index (κ1) is 21.4. The van der Waals surface area contributed by atoms with Crippen molar-refractivity contribution in [3.8, 4) is 0 Å². The van der Waals surface area contributed by atoms with Gasteiger partial charge in [-0.1, -0.05) is 38.5 Å². The first-order valence-electron chi connectivity index (χ1n) is 7.80. The number of amides is 2. The number of hydrogen-bond donors (Lipinski definition) is 3. The fourth-order valence-corrected chi connectivity index (χ4v) is 1.98. The molecule has 0 radical (unpaired) electrons. The van der Waals surface area contributed by atoms with Crippen molar-refractivity contribution in [2.45, 2.75) is 39.3 Å². The third kappa shape index (κ3) is 7.01. The molecule has 5 nitrogen and oxygen atoms in total. The topological polar surface area (TPSA) is 70.2 Å². The average molecular weight is 342 g/mol. The monoisotopic (exact) mass is 341 g/mol. The van der Waals surface area contributed by atoms with Crippen LogP contribution in [0, 0.1) is 5.92 Å². The third-order valence-corrected chi connectivity index (χ3v) is 3.89. The summed E-state index contributed by atoms with van der Waals surface area (Å²) < 4.78 is 0. The van der Waals surface area contributed by atoms with Crippen LogP contribution >= 0.6 is 12.4 Å². The molecule has 0 bridgehead atoms. The minimum atomic E-state index is -0.526. The van der Waals surface area contributed by atoms with Gasteiger partial charge in [0.2, 0.25) is 5.91 Å². The van der Waals surface area contributed by atoms with Crippen molar-refractivity contribution in [1.29, 1.82) is 0 Å². The minimum absolute atomic E-state index is 0. The molecule has 1 aromatic rings. The fraction of sp³-hybridized carbons (Fsp3) is 0.529. The van der Waals surface area contributed by atoms with Gasteiger partial charge in [0.1, 0.15) is 6.04 Å². The molecule has 2 amide bonds. The standard InChI is InChI=1S/C17H27N3O2.ClH/c1-5-12(2)15(17(22)19-11-13(3)18-4)20-16(21)14-9-7-6-8-10-14;/h6-10,12-13,15,18H,5,11H2,1-4H3,(H,19,22)(H,20,21);1H. The maximum absolute atomic E-state index is 12.4. The lowest BCUT2D eigenvalue weighted by molar-refractivity contribution is -0.124. The summed E-state index contributed by atoms with van der Waals surface area (Å²) in [5, 5.41) is 8.81. The van der Waals surface area contributed by atoms with Crippen LogP contribution in [-0.4, -0.2) is 37.5 Å². The van der Waals surface area contributed by atoms with Gasteiger partial charge in [0, 0.05) is 18.2 Å². The molecule has 1 aromatic carbocycles. The summed E-state index contributed by atoms with van der Waals surface area (Å²) in [5.41, 5.74) is 0.562. The van der Waals surface area contributed by atoms with E-state index in [1.807, 2.05) is 46.0 Å². The van der Waals surface area contributed by atoms with Gasteiger partial charge in [-0.3, -0.25) is 9.59 Å². The lowest BCUT2D eigenvalue weighted by atomic mass is 9.97. The van der Waals surface area contributed by atoms with E-state index in [0.717, 1.165) is 6.42 Å². The number of nitrogens with one attached hydrogen (secondary N) is 3. The van der Waals surface area contributed by atoms with Gasteiger partial charge in [-0.05, 0) is 32.0 Å². The maximum Gasteiger partial charge on any atom is 0.251 e. The molecule has 23 heavy (non-hydrogen) atoms. The zero-order valence-corrected chi connectivity index (χ0v) is 15.1. The van der Waals surface area contributed by atoms with Gasteiger partial charge >= 0.3 is 0 Å². The molecular formula is C17H28ClN3O2. The van der Waals surface area contributed by atoms with Crippen molar-refractivity contribution in [2.75, 3.05) is 13.6 Å². The van der Waals surface area contributed by atoms with Gasteiger partial charge in [-0.2, -0.15) is 0 Å². The van der Waals surface area contributed by atoms with Crippen LogP contribution in [0.5, 0.6) is 0 Å². The largest absolute Gasteiger partial charge is 0.353 e. The fourth-order valence-electron chi connectivity index (χ4n) is 1.98. The van der Waals surface area contributed by atoms with Crippen molar-refractivity contribution in [3.63, 3.8) is 0 Å². The molecule has 1 rings (SSSR count). The molecule has 0 aliphatic heterocycles. The highest BCUT2D eigenvalue weighted by Gasteiger charge is 2.26. The van der Waals surface area contributed by atoms with Crippen LogP contribution in [0.1, 0.15) is 37.6 Å². The lowest BCUT2D eigenvalue weighted by Gasteiger charge is -2.24. The summed E-state index contributed by atoms with van der Waals surface area (Å²) in [6, 6.07) is 8.61. The van der Waals surface area contributed by atoms with Gasteiger partial charge in [0.15, 0.2) is 0 Å². The number of likely N-dealkylation sites (N-methyl/N-ethyl adjacent to an activating group) is 1. The van der Waals surface area contributed by atoms with Crippen LogP contribution in [0.2, 0.25) is 0 Å². The predicted octanol–water partition coefficient (Wildman–Crippen LogP) is 1.98. The van der Waals surface area contributed by atoms with Crippen molar-refractivity contribution in [3.05, 3.63) is 35.9 Å². The minimum Gasteiger partial charge on any atom is -0.353 e. The molecule has 0 aliphatic rings. The second kappa shape index (κ2) is 11.0. The van der Waals surface area contributed by atoms with Crippen LogP contribution < -0.4 is 16.0 Å². The average Bonchev–Trinajstić information content (AvgIpc) is 2.56. The SMILES string of the molecule is CCC(C)C(NC(=O)c1ccccc1)C(=O)NCC(C)NC.Cl. The second-order valence-electron chi connectivity index (χ2n) is 5.64. The molecule has 3 atom stereocenters. The van der Waals surface area contributed by atoms with Gasteiger partial charge in [-0.15, -0.1) is 12.4 Å². The Hall–Kier alpha value is -1.59. The summed E-state index contributed by atoms with van der Waals surface area (Å²) in [4.78, 5) is 24.6. The normalized spacial score (nSPS) is 14.1. The van der Waals surface area contributed by atoms with Crippen molar-refractivity contribution in [2.24, 2.45) is 5.92 Å². The zero-order chi connectivity index (χ0) is 16.5. The van der Waals surface area contributed by atoms with Crippen LogP contribution in [0.25, 0.3) is 0 Å². The van der Waals surface area contributed by atoms with E-state index >= 15 is 0 Å². The first-order valence-corrected chi connectivity index (χ1v) is 7.80. The van der Waals surface area contributed by atoms with Crippen LogP contribution in [0.3, 0.4) is 0 Å². The highest BCUT2D eigenvalue weighted by atomic mass is 35.5. The van der Waals surface area contributed by atoms with E-state index in [1.54, 1.807) is 12.1 Å². The number of rotatable bonds is 8. The van der Waals surface area contributed by atoms with Crippen molar-refractivity contribution in [1.82, 2.24) is 16.0 Å². The molecule has 0 heterocycles. The van der Waals surface area contributed by atoms with E-state index in [4.69, 9.17) is 0 Å². The maximum atomic E-state index is 12.4. The van der Waals surface area contributed by atoms with Crippen LogP contribution in [0.4, 0.5) is 0 Å². The highest BCUT2D eigenvalue weighted by molar-refractivity contribution is 5.97. The Morgan fingerprint density at radius 3 is 2.26 bits per heavy atom. The predicted molar refractivity (Wildman–Crippen MR) is 95.9 cm³/mol. The Kier molecular flexibility index (Phi) is 10.3. The Labute approximate surface area is 145 Å². The van der Waals surface area contributed by atoms with E-state index in [9.17, 15) is 9.59 Å². The molecule has 6 heteroatoms. The number of hydrogen-bond acceptors (Lipinski definition) is 3. The summed E-state index contributed by atoms with van der Waals surface area (Å²) in [6.07, 6.45) is 0.814. The number of benzene rings is 1. The Morgan fingerprint density at radius 2 is 1.74 bits per heavy atom. The zero-order valence-electron chi connectivity index (χ0n) is 14.3. The highest BCUT2D eigenvalue weighted by Crippen LogP contribution is 2.09. The summed E-state index contributed by atoms with van der Waals surface area (Å²) in [6.45, 7) is 6.50. The third-order valence-electron chi connectivity index (χ3n) is 3.89. The van der Waals surface area contributed by atoms with Crippen LogP contribution in [-0.2, 0) is 4.79 Å². The Balaban J connectivity index is 0.00000484.